The van der Waals surface area contributed by atoms with E-state index in [0.29, 0.717) is 5.69 Å². The molecule has 0 bridgehead atoms. The Morgan fingerprint density at radius 2 is 1.81 bits per heavy atom. The Morgan fingerprint density at radius 1 is 1.19 bits per heavy atom. The van der Waals surface area contributed by atoms with E-state index in [1.807, 2.05) is 5.01 Å². The zero-order valence-corrected chi connectivity index (χ0v) is 13.1. The number of benzene rings is 1. The van der Waals surface area contributed by atoms with E-state index in [-0.39, 0.29) is 10.9 Å². The van der Waals surface area contributed by atoms with Crippen LogP contribution in [0, 0.1) is 0 Å². The fourth-order valence-electron chi connectivity index (χ4n) is 1.97. The average Bonchev–Trinajstić information content (AvgIpc) is 2.50. The van der Waals surface area contributed by atoms with Gasteiger partial charge in [0.15, 0.2) is 4.99 Å². The summed E-state index contributed by atoms with van der Waals surface area (Å²) in [6, 6.07) is 7.11. The zero-order chi connectivity index (χ0) is 15.2. The number of hydrazine groups is 1. The maximum absolute atomic E-state index is 12.0. The van der Waals surface area contributed by atoms with Crippen molar-refractivity contribution < 1.29 is 9.53 Å². The molecule has 6 nitrogen and oxygen atoms in total. The number of thiocarbonyl (C=S) groups is 1. The van der Waals surface area contributed by atoms with Crippen LogP contribution in [-0.2, 0) is 4.79 Å². The van der Waals surface area contributed by atoms with E-state index in [4.69, 9.17) is 17.0 Å². The third-order valence-electron chi connectivity index (χ3n) is 3.32. The molecule has 7 heteroatoms. The van der Waals surface area contributed by atoms with Gasteiger partial charge >= 0.3 is 0 Å². The van der Waals surface area contributed by atoms with Gasteiger partial charge in [-0.2, -0.15) is 0 Å². The lowest BCUT2D eigenvalue weighted by molar-refractivity contribution is -0.110. The average molecular weight is 308 g/mol. The van der Waals surface area contributed by atoms with Gasteiger partial charge in [0, 0.05) is 31.9 Å². The summed E-state index contributed by atoms with van der Waals surface area (Å²) in [6.07, 6.45) is 0. The molecular formula is C14H20N4O2S. The van der Waals surface area contributed by atoms with E-state index >= 15 is 0 Å². The quantitative estimate of drug-likeness (QED) is 0.802. The Hall–Kier alpha value is -1.70. The van der Waals surface area contributed by atoms with Crippen LogP contribution >= 0.6 is 12.2 Å². The Labute approximate surface area is 130 Å². The van der Waals surface area contributed by atoms with E-state index in [1.54, 1.807) is 31.4 Å². The minimum absolute atomic E-state index is 0.176. The molecule has 1 aliphatic rings. The molecule has 1 aliphatic heterocycles. The summed E-state index contributed by atoms with van der Waals surface area (Å²) < 4.78 is 5.07. The summed E-state index contributed by atoms with van der Waals surface area (Å²) in [6.45, 7) is 3.59. The smallest absolute Gasteiger partial charge is 0.284 e. The number of rotatable bonds is 3. The van der Waals surface area contributed by atoms with Crippen LogP contribution in [0.2, 0.25) is 0 Å². The monoisotopic (exact) mass is 308 g/mol. The van der Waals surface area contributed by atoms with Crippen molar-refractivity contribution in [3.05, 3.63) is 24.3 Å². The highest BCUT2D eigenvalue weighted by Gasteiger charge is 2.17. The van der Waals surface area contributed by atoms with Gasteiger partial charge in [0.05, 0.1) is 7.11 Å². The summed E-state index contributed by atoms with van der Waals surface area (Å²) in [5, 5.41) is 4.72. The number of anilines is 1. The molecule has 21 heavy (non-hydrogen) atoms. The minimum atomic E-state index is -0.311. The number of carbonyl (C=O) groups is 1. The highest BCUT2D eigenvalue weighted by molar-refractivity contribution is 7.82. The van der Waals surface area contributed by atoms with E-state index < -0.39 is 0 Å². The fourth-order valence-corrected chi connectivity index (χ4v) is 2.15. The summed E-state index contributed by atoms with van der Waals surface area (Å²) in [7, 11) is 3.68. The van der Waals surface area contributed by atoms with Crippen molar-refractivity contribution in [2.45, 2.75) is 0 Å². The third kappa shape index (κ3) is 4.66. The van der Waals surface area contributed by atoms with E-state index in [1.165, 1.54) is 0 Å². The van der Waals surface area contributed by atoms with Gasteiger partial charge < -0.3 is 20.4 Å². The Balaban J connectivity index is 1.83. The maximum atomic E-state index is 12.0. The molecule has 2 rings (SSSR count). The number of nitrogens with zero attached hydrogens (tertiary/aromatic N) is 2. The first-order valence-corrected chi connectivity index (χ1v) is 7.19. The van der Waals surface area contributed by atoms with Crippen LogP contribution in [0.3, 0.4) is 0 Å². The van der Waals surface area contributed by atoms with E-state index in [9.17, 15) is 4.79 Å². The van der Waals surface area contributed by atoms with E-state index in [0.717, 1.165) is 31.9 Å². The van der Waals surface area contributed by atoms with Crippen LogP contribution in [-0.4, -0.2) is 61.1 Å². The molecule has 0 aliphatic carbocycles. The zero-order valence-electron chi connectivity index (χ0n) is 12.3. The standard InChI is InChI=1S/C14H20N4O2S/c1-17-7-9-18(10-8-17)16-14(21)13(19)15-11-3-5-12(20-2)6-4-11/h3-6H,7-10H2,1-2H3,(H,15,19)(H,16,21). The summed E-state index contributed by atoms with van der Waals surface area (Å²) in [4.78, 5) is 14.4. The number of nitrogens with one attached hydrogen (secondary N) is 2. The second-order valence-electron chi connectivity index (χ2n) is 4.91. The summed E-state index contributed by atoms with van der Waals surface area (Å²) >= 11 is 5.13. The van der Waals surface area contributed by atoms with Crippen LogP contribution in [0.4, 0.5) is 5.69 Å². The Bertz CT molecular complexity index is 498. The molecule has 1 heterocycles. The lowest BCUT2D eigenvalue weighted by Crippen LogP contribution is -2.54. The Kier molecular flexibility index (Phi) is 5.49. The largest absolute Gasteiger partial charge is 0.497 e. The number of carbonyl (C=O) groups excluding carboxylic acids is 1. The van der Waals surface area contributed by atoms with Gasteiger partial charge in [0.2, 0.25) is 0 Å². The van der Waals surface area contributed by atoms with Crippen LogP contribution in [0.5, 0.6) is 5.75 Å². The van der Waals surface area contributed by atoms with Crippen molar-refractivity contribution in [2.24, 2.45) is 0 Å². The van der Waals surface area contributed by atoms with Gasteiger partial charge in [-0.25, -0.2) is 5.01 Å². The molecule has 1 aromatic carbocycles. The third-order valence-corrected chi connectivity index (χ3v) is 3.59. The molecule has 0 saturated carbocycles. The van der Waals surface area contributed by atoms with Crippen LogP contribution in [0.15, 0.2) is 24.3 Å². The van der Waals surface area contributed by atoms with Crippen molar-refractivity contribution in [1.82, 2.24) is 15.3 Å². The molecule has 0 spiro atoms. The molecule has 1 amide bonds. The predicted molar refractivity (Wildman–Crippen MR) is 86.4 cm³/mol. The normalized spacial score (nSPS) is 16.3. The highest BCUT2D eigenvalue weighted by Crippen LogP contribution is 2.14. The minimum Gasteiger partial charge on any atom is -0.497 e. The number of methoxy groups -OCH3 is 1. The Morgan fingerprint density at radius 3 is 2.38 bits per heavy atom. The summed E-state index contributed by atoms with van der Waals surface area (Å²) in [5.74, 6) is 0.431. The topological polar surface area (TPSA) is 56.8 Å². The van der Waals surface area contributed by atoms with Crippen LogP contribution in [0.1, 0.15) is 0 Å². The van der Waals surface area contributed by atoms with Gasteiger partial charge in [-0.15, -0.1) is 0 Å². The first-order valence-electron chi connectivity index (χ1n) is 6.78. The predicted octanol–water partition coefficient (Wildman–Crippen LogP) is 0.713. The molecular weight excluding hydrogens is 288 g/mol. The first kappa shape index (κ1) is 15.7. The van der Waals surface area contributed by atoms with Crippen molar-refractivity contribution in [2.75, 3.05) is 45.7 Å². The van der Waals surface area contributed by atoms with E-state index in [2.05, 4.69) is 22.7 Å². The molecule has 1 fully saturated rings. The number of amides is 1. The number of likely N-dealkylation sites (N-methyl/N-ethyl adjacent to an activating group) is 1. The molecule has 0 aromatic heterocycles. The van der Waals surface area contributed by atoms with Gasteiger partial charge in [-0.05, 0) is 31.3 Å². The molecule has 1 saturated heterocycles. The second-order valence-corrected chi connectivity index (χ2v) is 5.32. The van der Waals surface area contributed by atoms with Gasteiger partial charge in [0.25, 0.3) is 5.91 Å². The van der Waals surface area contributed by atoms with Gasteiger partial charge in [-0.1, -0.05) is 12.2 Å². The number of piperazine rings is 1. The number of ether oxygens (including phenoxy) is 1. The SMILES string of the molecule is COc1ccc(NC(=O)C(=S)NN2CCN(C)CC2)cc1. The van der Waals surface area contributed by atoms with Crippen LogP contribution in [0.25, 0.3) is 0 Å². The summed E-state index contributed by atoms with van der Waals surface area (Å²) in [5.41, 5.74) is 3.67. The van der Waals surface area contributed by atoms with Crippen molar-refractivity contribution in [1.29, 1.82) is 0 Å². The molecule has 0 atom stereocenters. The van der Waals surface area contributed by atoms with Crippen molar-refractivity contribution in [3.8, 4) is 5.75 Å². The van der Waals surface area contributed by atoms with Gasteiger partial charge in [-0.3, -0.25) is 4.79 Å². The fraction of sp³-hybridized carbons (Fsp3) is 0.429. The molecule has 0 unspecified atom stereocenters. The van der Waals surface area contributed by atoms with Crippen LogP contribution < -0.4 is 15.5 Å². The molecule has 114 valence electrons. The molecule has 0 radical (unpaired) electrons. The first-order chi connectivity index (χ1) is 10.1. The molecule has 2 N–H and O–H groups in total. The second kappa shape index (κ2) is 7.35. The maximum Gasteiger partial charge on any atom is 0.284 e. The van der Waals surface area contributed by atoms with Gasteiger partial charge in [0.1, 0.15) is 5.75 Å². The lowest BCUT2D eigenvalue weighted by Gasteiger charge is -2.32. The molecule has 1 aromatic rings. The number of hydrogen-bond acceptors (Lipinski definition) is 5. The van der Waals surface area contributed by atoms with Crippen molar-refractivity contribution in [3.63, 3.8) is 0 Å². The number of hydrogen-bond donors (Lipinski definition) is 2. The lowest BCUT2D eigenvalue weighted by atomic mass is 10.3. The highest BCUT2D eigenvalue weighted by atomic mass is 32.1. The van der Waals surface area contributed by atoms with Crippen molar-refractivity contribution >= 4 is 28.8 Å².